The zero-order chi connectivity index (χ0) is 16.7. The Morgan fingerprint density at radius 1 is 1.38 bits per heavy atom. The average molecular weight is 406 g/mol. The zero-order valence-corrected chi connectivity index (χ0v) is 15.2. The number of β-amino-alcohol motifs (C(OH)–C–C–N with tert-alkyl or cyclic N) is 1. The first-order valence-corrected chi connectivity index (χ1v) is 9.40. The number of aliphatic hydroxyl groups is 1. The number of thiophene rings is 1. The number of nitrogens with zero attached hydrogens (tertiary/aromatic N) is 2. The van der Waals surface area contributed by atoms with E-state index in [0.717, 1.165) is 27.9 Å². The van der Waals surface area contributed by atoms with Gasteiger partial charge in [-0.3, -0.25) is 9.69 Å². The molecule has 24 heavy (non-hydrogen) atoms. The van der Waals surface area contributed by atoms with Gasteiger partial charge >= 0.3 is 0 Å². The second-order valence-electron chi connectivity index (χ2n) is 5.98. The average Bonchev–Trinajstić information content (AvgIpc) is 3.13. The number of likely N-dealkylation sites (tertiary alicyclic amines) is 1. The van der Waals surface area contributed by atoms with E-state index in [9.17, 15) is 9.90 Å². The number of fused-ring (bicyclic) bond motifs is 1. The van der Waals surface area contributed by atoms with Crippen LogP contribution in [0.2, 0.25) is 0 Å². The highest BCUT2D eigenvalue weighted by molar-refractivity contribution is 9.10. The van der Waals surface area contributed by atoms with E-state index in [0.29, 0.717) is 29.1 Å². The summed E-state index contributed by atoms with van der Waals surface area (Å²) in [4.78, 5) is 23.1. The summed E-state index contributed by atoms with van der Waals surface area (Å²) >= 11 is 5.07. The largest absolute Gasteiger partial charge is 0.392 e. The van der Waals surface area contributed by atoms with E-state index in [2.05, 4.69) is 30.8 Å². The number of rotatable bonds is 3. The smallest absolute Gasteiger partial charge is 0.268 e. The van der Waals surface area contributed by atoms with Crippen LogP contribution in [0.4, 0.5) is 0 Å². The molecule has 0 aliphatic carbocycles. The van der Waals surface area contributed by atoms with Gasteiger partial charge in [-0.1, -0.05) is 30.3 Å². The number of aromatic nitrogens is 2. The van der Waals surface area contributed by atoms with Crippen LogP contribution in [0, 0.1) is 0 Å². The molecule has 5 nitrogen and oxygen atoms in total. The van der Waals surface area contributed by atoms with Crippen molar-refractivity contribution < 1.29 is 5.11 Å². The second-order valence-corrected chi connectivity index (χ2v) is 7.79. The molecular formula is C17H16BrN3O2S. The fourth-order valence-electron chi connectivity index (χ4n) is 3.02. The van der Waals surface area contributed by atoms with Gasteiger partial charge in [0, 0.05) is 13.1 Å². The molecule has 7 heteroatoms. The van der Waals surface area contributed by atoms with E-state index >= 15 is 0 Å². The molecule has 0 amide bonds. The van der Waals surface area contributed by atoms with Gasteiger partial charge in [0.25, 0.3) is 5.56 Å². The first kappa shape index (κ1) is 16.0. The molecular weight excluding hydrogens is 390 g/mol. The summed E-state index contributed by atoms with van der Waals surface area (Å²) in [6, 6.07) is 9.98. The van der Waals surface area contributed by atoms with Crippen LogP contribution < -0.4 is 5.56 Å². The summed E-state index contributed by atoms with van der Waals surface area (Å²) in [7, 11) is 0. The van der Waals surface area contributed by atoms with Crippen molar-refractivity contribution in [2.24, 2.45) is 0 Å². The van der Waals surface area contributed by atoms with Crippen LogP contribution >= 0.6 is 27.3 Å². The highest BCUT2D eigenvalue weighted by atomic mass is 79.9. The number of aromatic amines is 1. The predicted octanol–water partition coefficient (Wildman–Crippen LogP) is 2.98. The van der Waals surface area contributed by atoms with E-state index in [4.69, 9.17) is 0 Å². The minimum absolute atomic E-state index is 0.109. The fourth-order valence-corrected chi connectivity index (χ4v) is 4.95. The Kier molecular flexibility index (Phi) is 4.26. The fraction of sp³-hybridized carbons (Fsp3) is 0.294. The van der Waals surface area contributed by atoms with E-state index in [1.807, 2.05) is 30.3 Å². The molecule has 3 aromatic rings. The predicted molar refractivity (Wildman–Crippen MR) is 99.3 cm³/mol. The number of benzene rings is 1. The topological polar surface area (TPSA) is 69.2 Å². The molecule has 4 rings (SSSR count). The molecule has 1 saturated heterocycles. The molecule has 1 aromatic carbocycles. The Balaban J connectivity index is 1.75. The quantitative estimate of drug-likeness (QED) is 0.702. The zero-order valence-electron chi connectivity index (χ0n) is 12.8. The van der Waals surface area contributed by atoms with Gasteiger partial charge in [-0.2, -0.15) is 0 Å². The molecule has 2 N–H and O–H groups in total. The molecule has 2 aromatic heterocycles. The maximum Gasteiger partial charge on any atom is 0.268 e. The summed E-state index contributed by atoms with van der Waals surface area (Å²) in [6.07, 6.45) is 0.491. The molecule has 1 aliphatic heterocycles. The maximum atomic E-state index is 12.5. The van der Waals surface area contributed by atoms with Crippen LogP contribution in [-0.2, 0) is 6.54 Å². The van der Waals surface area contributed by atoms with Crippen molar-refractivity contribution >= 4 is 37.5 Å². The third-order valence-electron chi connectivity index (χ3n) is 4.19. The van der Waals surface area contributed by atoms with Crippen molar-refractivity contribution in [2.45, 2.75) is 19.1 Å². The second kappa shape index (κ2) is 6.40. The van der Waals surface area contributed by atoms with Gasteiger partial charge in [0.15, 0.2) is 0 Å². The third-order valence-corrected chi connectivity index (χ3v) is 6.46. The van der Waals surface area contributed by atoms with Crippen LogP contribution in [0.1, 0.15) is 12.2 Å². The molecule has 1 unspecified atom stereocenters. The number of halogens is 1. The van der Waals surface area contributed by atoms with Crippen LogP contribution in [0.25, 0.3) is 20.7 Å². The first-order chi connectivity index (χ1) is 11.6. The van der Waals surface area contributed by atoms with Gasteiger partial charge in [0.05, 0.1) is 22.0 Å². The Labute approximate surface area is 151 Å². The molecule has 0 bridgehead atoms. The lowest BCUT2D eigenvalue weighted by Gasteiger charge is -2.13. The molecule has 124 valence electrons. The van der Waals surface area contributed by atoms with Crippen molar-refractivity contribution in [3.05, 3.63) is 51.0 Å². The van der Waals surface area contributed by atoms with Crippen molar-refractivity contribution in [2.75, 3.05) is 13.1 Å². The standard InChI is InChI=1S/C17H16BrN3O2S/c18-13-14-16(24-15(13)10-4-2-1-3-5-10)17(23)20-12(19-14)9-21-7-6-11(22)8-21/h1-5,11,22H,6-9H2,(H,19,20,23). The number of hydrogen-bond donors (Lipinski definition) is 2. The molecule has 1 atom stereocenters. The summed E-state index contributed by atoms with van der Waals surface area (Å²) in [5.41, 5.74) is 1.66. The number of nitrogens with one attached hydrogen (secondary N) is 1. The number of H-pyrrole nitrogens is 1. The molecule has 1 fully saturated rings. The van der Waals surface area contributed by atoms with Crippen LogP contribution in [-0.4, -0.2) is 39.2 Å². The van der Waals surface area contributed by atoms with Crippen molar-refractivity contribution in [3.8, 4) is 10.4 Å². The summed E-state index contributed by atoms with van der Waals surface area (Å²) in [5.74, 6) is 0.639. The van der Waals surface area contributed by atoms with E-state index in [1.54, 1.807) is 0 Å². The molecule has 0 saturated carbocycles. The molecule has 1 aliphatic rings. The van der Waals surface area contributed by atoms with Crippen LogP contribution in [0.15, 0.2) is 39.6 Å². The number of aliphatic hydroxyl groups excluding tert-OH is 1. The van der Waals surface area contributed by atoms with Gasteiger partial charge in [-0.15, -0.1) is 11.3 Å². The lowest BCUT2D eigenvalue weighted by atomic mass is 10.2. The Bertz CT molecular complexity index is 938. The number of hydrogen-bond acceptors (Lipinski definition) is 5. The summed E-state index contributed by atoms with van der Waals surface area (Å²) in [6.45, 7) is 2.00. The normalized spacial score (nSPS) is 18.5. The van der Waals surface area contributed by atoms with Gasteiger partial charge in [0.2, 0.25) is 0 Å². The van der Waals surface area contributed by atoms with E-state index < -0.39 is 0 Å². The van der Waals surface area contributed by atoms with Gasteiger partial charge in [-0.25, -0.2) is 4.98 Å². The third kappa shape index (κ3) is 2.93. The van der Waals surface area contributed by atoms with Crippen molar-refractivity contribution in [3.63, 3.8) is 0 Å². The first-order valence-electron chi connectivity index (χ1n) is 7.79. The summed E-state index contributed by atoms with van der Waals surface area (Å²) < 4.78 is 1.49. The van der Waals surface area contributed by atoms with Crippen LogP contribution in [0.3, 0.4) is 0 Å². The summed E-state index contributed by atoms with van der Waals surface area (Å²) in [5, 5.41) is 9.64. The minimum Gasteiger partial charge on any atom is -0.392 e. The van der Waals surface area contributed by atoms with Crippen molar-refractivity contribution in [1.29, 1.82) is 0 Å². The lowest BCUT2D eigenvalue weighted by Crippen LogP contribution is -2.24. The lowest BCUT2D eigenvalue weighted by molar-refractivity contribution is 0.174. The van der Waals surface area contributed by atoms with E-state index in [1.165, 1.54) is 11.3 Å². The highest BCUT2D eigenvalue weighted by Gasteiger charge is 2.22. The van der Waals surface area contributed by atoms with Crippen molar-refractivity contribution in [1.82, 2.24) is 14.9 Å². The monoisotopic (exact) mass is 405 g/mol. The minimum atomic E-state index is -0.280. The Hall–Kier alpha value is -1.54. The molecule has 0 spiro atoms. The Morgan fingerprint density at radius 3 is 2.88 bits per heavy atom. The molecule has 0 radical (unpaired) electrons. The van der Waals surface area contributed by atoms with E-state index in [-0.39, 0.29) is 11.7 Å². The van der Waals surface area contributed by atoms with Crippen LogP contribution in [0.5, 0.6) is 0 Å². The van der Waals surface area contributed by atoms with Gasteiger partial charge in [0.1, 0.15) is 16.0 Å². The maximum absolute atomic E-state index is 12.5. The van der Waals surface area contributed by atoms with Gasteiger partial charge < -0.3 is 10.1 Å². The highest BCUT2D eigenvalue weighted by Crippen LogP contribution is 2.39. The van der Waals surface area contributed by atoms with Gasteiger partial charge in [-0.05, 0) is 27.9 Å². The Morgan fingerprint density at radius 2 is 2.17 bits per heavy atom. The molecule has 3 heterocycles. The SMILES string of the molecule is O=c1[nH]c(CN2CCC(O)C2)nc2c(Br)c(-c3ccccc3)sc12.